The van der Waals surface area contributed by atoms with Gasteiger partial charge in [-0.2, -0.15) is 0 Å². The molecule has 160 valence electrons. The van der Waals surface area contributed by atoms with E-state index in [0.717, 1.165) is 5.41 Å². The number of rotatable bonds is 6. The topological polar surface area (TPSA) is 92.8 Å². The fourth-order valence-electron chi connectivity index (χ4n) is 2.79. The Morgan fingerprint density at radius 1 is 1.28 bits per heavy atom. The average Bonchev–Trinajstić information content (AvgIpc) is 3.10. The first kappa shape index (κ1) is 23.2. The van der Waals surface area contributed by atoms with Gasteiger partial charge in [0.15, 0.2) is 9.84 Å². The van der Waals surface area contributed by atoms with Crippen molar-refractivity contribution < 1.29 is 22.7 Å². The lowest BCUT2D eigenvalue weighted by molar-refractivity contribution is -0.124. The number of carbonyl (C=O) groups is 2. The molecule has 1 saturated heterocycles. The Balaban J connectivity index is 1.75. The summed E-state index contributed by atoms with van der Waals surface area (Å²) in [6.07, 6.45) is 2.04. The Labute approximate surface area is 177 Å². The normalized spacial score (nSPS) is 17.5. The third-order valence-corrected chi connectivity index (χ3v) is 5.97. The number of nitrogens with one attached hydrogen (secondary N) is 1. The van der Waals surface area contributed by atoms with Gasteiger partial charge in [0.25, 0.3) is 0 Å². The predicted octanol–water partition coefficient (Wildman–Crippen LogP) is 3.39. The highest BCUT2D eigenvalue weighted by atomic mass is 35.5. The summed E-state index contributed by atoms with van der Waals surface area (Å²) in [7, 11) is -3.54. The van der Waals surface area contributed by atoms with E-state index in [-0.39, 0.29) is 16.7 Å². The zero-order valence-corrected chi connectivity index (χ0v) is 18.4. The summed E-state index contributed by atoms with van der Waals surface area (Å²) >= 11 is 5.76. The first-order valence-electron chi connectivity index (χ1n) is 9.41. The quantitative estimate of drug-likeness (QED) is 0.681. The number of carbonyl (C=O) groups excluding carboxylic acids is 2. The lowest BCUT2D eigenvalue weighted by atomic mass is 10.1. The van der Waals surface area contributed by atoms with E-state index in [1.165, 1.54) is 35.2 Å². The monoisotopic (exact) mass is 442 g/mol. The van der Waals surface area contributed by atoms with Gasteiger partial charge in [-0.15, -0.1) is 0 Å². The van der Waals surface area contributed by atoms with Crippen LogP contribution < -0.4 is 5.32 Å². The minimum Gasteiger partial charge on any atom is -0.444 e. The maximum absolute atomic E-state index is 12.3. The molecule has 0 spiro atoms. The predicted molar refractivity (Wildman–Crippen MR) is 111 cm³/mol. The number of nitrogens with zero attached hydrogens (tertiary/aromatic N) is 1. The highest BCUT2D eigenvalue weighted by molar-refractivity contribution is 7.94. The smallest absolute Gasteiger partial charge is 0.410 e. The van der Waals surface area contributed by atoms with E-state index in [9.17, 15) is 18.0 Å². The Kier molecular flexibility index (Phi) is 7.71. The SMILES string of the molecule is CC(C)(C)OC(=O)N1CC[C@H](C(=O)NCC/C=C/S(=O)(=O)c2ccc(Cl)cc2)C1. The van der Waals surface area contributed by atoms with Crippen LogP contribution in [0.15, 0.2) is 40.6 Å². The number of hydrogen-bond acceptors (Lipinski definition) is 5. The molecule has 2 amide bonds. The fraction of sp³-hybridized carbons (Fsp3) is 0.500. The van der Waals surface area contributed by atoms with E-state index in [4.69, 9.17) is 16.3 Å². The number of sulfone groups is 1. The van der Waals surface area contributed by atoms with Gasteiger partial charge in [0, 0.05) is 30.1 Å². The summed E-state index contributed by atoms with van der Waals surface area (Å²) < 4.78 is 29.7. The molecular weight excluding hydrogens is 416 g/mol. The van der Waals surface area contributed by atoms with Crippen molar-refractivity contribution in [3.05, 3.63) is 40.8 Å². The molecule has 1 atom stereocenters. The number of amides is 2. The Hall–Kier alpha value is -2.06. The standard InChI is InChI=1S/C20H27ClN2O5S/c1-20(2,3)28-19(25)23-12-10-15(14-23)18(24)22-11-4-5-13-29(26,27)17-8-6-16(21)7-9-17/h5-9,13,15H,4,10-12,14H2,1-3H3,(H,22,24)/b13-5+/t15-/m0/s1. The molecule has 0 saturated carbocycles. The van der Waals surface area contributed by atoms with Gasteiger partial charge in [0.2, 0.25) is 5.91 Å². The number of benzene rings is 1. The van der Waals surface area contributed by atoms with Gasteiger partial charge in [-0.05, 0) is 57.9 Å². The Morgan fingerprint density at radius 3 is 2.55 bits per heavy atom. The molecular formula is C20H27ClN2O5S. The minimum atomic E-state index is -3.54. The molecule has 1 fully saturated rings. The summed E-state index contributed by atoms with van der Waals surface area (Å²) in [5.74, 6) is -0.436. The molecule has 1 aromatic rings. The lowest BCUT2D eigenvalue weighted by Crippen LogP contribution is -2.37. The number of likely N-dealkylation sites (tertiary alicyclic amines) is 1. The molecule has 29 heavy (non-hydrogen) atoms. The van der Waals surface area contributed by atoms with Gasteiger partial charge in [-0.3, -0.25) is 4.79 Å². The molecule has 7 nitrogen and oxygen atoms in total. The Morgan fingerprint density at radius 2 is 1.93 bits per heavy atom. The zero-order chi connectivity index (χ0) is 21.7. The minimum absolute atomic E-state index is 0.148. The highest BCUT2D eigenvalue weighted by Crippen LogP contribution is 2.20. The molecule has 0 bridgehead atoms. The molecule has 9 heteroatoms. The molecule has 1 aliphatic rings. The second-order valence-electron chi connectivity index (χ2n) is 7.86. The summed E-state index contributed by atoms with van der Waals surface area (Å²) in [5.41, 5.74) is -0.573. The van der Waals surface area contributed by atoms with Gasteiger partial charge in [-0.1, -0.05) is 17.7 Å². The summed E-state index contributed by atoms with van der Waals surface area (Å²) in [5, 5.41) is 4.38. The molecule has 0 unspecified atom stereocenters. The van der Waals surface area contributed by atoms with Crippen LogP contribution in [0, 0.1) is 5.92 Å². The third-order valence-electron chi connectivity index (χ3n) is 4.24. The van der Waals surface area contributed by atoms with Crippen molar-refractivity contribution >= 4 is 33.4 Å². The third kappa shape index (κ3) is 7.36. The van der Waals surface area contributed by atoms with Crippen molar-refractivity contribution in [3.63, 3.8) is 0 Å². The largest absolute Gasteiger partial charge is 0.444 e. The molecule has 0 aliphatic carbocycles. The van der Waals surface area contributed by atoms with E-state index < -0.39 is 21.5 Å². The van der Waals surface area contributed by atoms with Gasteiger partial charge >= 0.3 is 6.09 Å². The summed E-state index contributed by atoms with van der Waals surface area (Å²) in [4.78, 5) is 26.0. The van der Waals surface area contributed by atoms with Crippen LogP contribution in [0.1, 0.15) is 33.6 Å². The molecule has 0 radical (unpaired) electrons. The van der Waals surface area contributed by atoms with Crippen molar-refractivity contribution in [1.29, 1.82) is 0 Å². The van der Waals surface area contributed by atoms with Gasteiger partial charge in [-0.25, -0.2) is 13.2 Å². The Bertz CT molecular complexity index is 860. The van der Waals surface area contributed by atoms with Crippen LogP contribution in [0.5, 0.6) is 0 Å². The van der Waals surface area contributed by atoms with Crippen LogP contribution in [0.25, 0.3) is 0 Å². The van der Waals surface area contributed by atoms with E-state index in [0.29, 0.717) is 37.5 Å². The fourth-order valence-corrected chi connectivity index (χ4v) is 3.98. The van der Waals surface area contributed by atoms with Crippen LogP contribution in [0.4, 0.5) is 4.79 Å². The van der Waals surface area contributed by atoms with Crippen LogP contribution in [0.3, 0.4) is 0 Å². The molecule has 1 heterocycles. The second kappa shape index (κ2) is 9.63. The van der Waals surface area contributed by atoms with E-state index in [2.05, 4.69) is 5.32 Å². The van der Waals surface area contributed by atoms with E-state index >= 15 is 0 Å². The van der Waals surface area contributed by atoms with Crippen molar-refractivity contribution in [2.45, 2.75) is 44.1 Å². The second-order valence-corrected chi connectivity index (χ2v) is 10.1. The van der Waals surface area contributed by atoms with Crippen LogP contribution in [-0.2, 0) is 19.4 Å². The van der Waals surface area contributed by atoms with Crippen molar-refractivity contribution in [1.82, 2.24) is 10.2 Å². The van der Waals surface area contributed by atoms with Crippen LogP contribution >= 0.6 is 11.6 Å². The molecule has 2 rings (SSSR count). The van der Waals surface area contributed by atoms with Gasteiger partial charge in [0.1, 0.15) is 5.60 Å². The summed E-state index contributed by atoms with van der Waals surface area (Å²) in [6, 6.07) is 5.93. The van der Waals surface area contributed by atoms with Crippen LogP contribution in [0.2, 0.25) is 5.02 Å². The average molecular weight is 443 g/mol. The lowest BCUT2D eigenvalue weighted by Gasteiger charge is -2.24. The van der Waals surface area contributed by atoms with Crippen molar-refractivity contribution in [2.75, 3.05) is 19.6 Å². The van der Waals surface area contributed by atoms with Gasteiger partial charge in [0.05, 0.1) is 10.8 Å². The molecule has 1 aromatic carbocycles. The number of ether oxygens (including phenoxy) is 1. The van der Waals surface area contributed by atoms with E-state index in [1.807, 2.05) is 0 Å². The maximum Gasteiger partial charge on any atom is 0.410 e. The van der Waals surface area contributed by atoms with Crippen molar-refractivity contribution in [3.8, 4) is 0 Å². The molecule has 0 aromatic heterocycles. The highest BCUT2D eigenvalue weighted by Gasteiger charge is 2.33. The van der Waals surface area contributed by atoms with E-state index in [1.54, 1.807) is 20.8 Å². The molecule has 1 N–H and O–H groups in total. The number of hydrogen-bond donors (Lipinski definition) is 1. The molecule has 1 aliphatic heterocycles. The first-order chi connectivity index (χ1) is 13.5. The number of halogens is 1. The van der Waals surface area contributed by atoms with Crippen molar-refractivity contribution in [2.24, 2.45) is 5.92 Å². The first-order valence-corrected chi connectivity index (χ1v) is 11.3. The summed E-state index contributed by atoms with van der Waals surface area (Å²) in [6.45, 7) is 6.51. The zero-order valence-electron chi connectivity index (χ0n) is 16.9. The maximum atomic E-state index is 12.3. The van der Waals surface area contributed by atoms with Gasteiger partial charge < -0.3 is 15.0 Å². The van der Waals surface area contributed by atoms with Crippen LogP contribution in [-0.4, -0.2) is 50.6 Å².